The fourth-order valence-electron chi connectivity index (χ4n) is 3.06. The fourth-order valence-corrected chi connectivity index (χ4v) is 3.43. The molecule has 0 aliphatic carbocycles. The molecular formula is C20H34BrNO4. The summed E-state index contributed by atoms with van der Waals surface area (Å²) in [5, 5.41) is 0. The van der Waals surface area contributed by atoms with Gasteiger partial charge in [-0.25, -0.2) is 0 Å². The lowest BCUT2D eigenvalue weighted by molar-refractivity contribution is -0.152. The molecule has 0 aromatic carbocycles. The second-order valence-corrected chi connectivity index (χ2v) is 8.42. The molecule has 0 aromatic heterocycles. The molecule has 0 bridgehead atoms. The van der Waals surface area contributed by atoms with Gasteiger partial charge in [0.1, 0.15) is 12.5 Å². The van der Waals surface area contributed by atoms with Crippen LogP contribution in [0.25, 0.3) is 0 Å². The van der Waals surface area contributed by atoms with E-state index < -0.39 is 11.9 Å². The van der Waals surface area contributed by atoms with E-state index >= 15 is 0 Å². The van der Waals surface area contributed by atoms with Crippen molar-refractivity contribution in [2.75, 3.05) is 34.4 Å². The van der Waals surface area contributed by atoms with Gasteiger partial charge in [0.2, 0.25) is 0 Å². The van der Waals surface area contributed by atoms with E-state index in [-0.39, 0.29) is 22.1 Å². The summed E-state index contributed by atoms with van der Waals surface area (Å²) in [7, 11) is 5.19. The van der Waals surface area contributed by atoms with Crippen LogP contribution in [0, 0.1) is 30.1 Å². The molecule has 0 fully saturated rings. The van der Waals surface area contributed by atoms with Crippen LogP contribution in [0.15, 0.2) is 0 Å². The number of halogens is 1. The predicted octanol–water partition coefficient (Wildman–Crippen LogP) is 3.50. The summed E-state index contributed by atoms with van der Waals surface area (Å²) in [6.07, 6.45) is 8.28. The van der Waals surface area contributed by atoms with Gasteiger partial charge in [0.15, 0.2) is 0 Å². The first kappa shape index (κ1) is 24.9. The fraction of sp³-hybridized carbons (Fsp3) is 0.800. The summed E-state index contributed by atoms with van der Waals surface area (Å²) in [4.78, 5) is 26.8. The van der Waals surface area contributed by atoms with Gasteiger partial charge in [-0.2, -0.15) is 0 Å². The Kier molecular flexibility index (Phi) is 11.8. The summed E-state index contributed by atoms with van der Waals surface area (Å²) in [5.41, 5.74) is 0. The number of nitrogens with zero attached hydrogens (tertiary/aromatic N) is 1. The molecule has 0 saturated carbocycles. The zero-order chi connectivity index (χ0) is 20.3. The van der Waals surface area contributed by atoms with Gasteiger partial charge in [-0.15, -0.1) is 6.42 Å². The van der Waals surface area contributed by atoms with E-state index in [1.54, 1.807) is 0 Å². The lowest BCUT2D eigenvalue weighted by Gasteiger charge is -2.35. The van der Waals surface area contributed by atoms with E-state index in [0.717, 1.165) is 12.8 Å². The van der Waals surface area contributed by atoms with Crippen molar-refractivity contribution in [1.29, 1.82) is 0 Å². The highest BCUT2D eigenvalue weighted by atomic mass is 79.9. The van der Waals surface area contributed by atoms with Crippen molar-refractivity contribution < 1.29 is 19.1 Å². The van der Waals surface area contributed by atoms with E-state index in [2.05, 4.69) is 21.9 Å². The Hall–Kier alpha value is -1.06. The van der Waals surface area contributed by atoms with Gasteiger partial charge in [-0.3, -0.25) is 9.59 Å². The number of carbonyl (C=O) groups is 2. The van der Waals surface area contributed by atoms with Gasteiger partial charge >= 0.3 is 11.9 Å². The van der Waals surface area contributed by atoms with Gasteiger partial charge in [-0.1, -0.05) is 49.0 Å². The average Bonchev–Trinajstić information content (AvgIpc) is 2.63. The number of carbonyl (C=O) groups excluding carboxylic acids is 2. The highest BCUT2D eigenvalue weighted by molar-refractivity contribution is 9.10. The van der Waals surface area contributed by atoms with Crippen LogP contribution in [0.2, 0.25) is 0 Å². The summed E-state index contributed by atoms with van der Waals surface area (Å²) in [6.45, 7) is 7.06. The number of terminal acetylenes is 1. The highest BCUT2D eigenvalue weighted by Crippen LogP contribution is 2.41. The van der Waals surface area contributed by atoms with Crippen LogP contribution >= 0.6 is 15.9 Å². The number of hydrogen-bond acceptors (Lipinski definition) is 5. The molecule has 0 saturated heterocycles. The maximum absolute atomic E-state index is 12.9. The van der Waals surface area contributed by atoms with Crippen LogP contribution in [-0.4, -0.2) is 55.5 Å². The van der Waals surface area contributed by atoms with Gasteiger partial charge in [-0.05, 0) is 39.3 Å². The predicted molar refractivity (Wildman–Crippen MR) is 108 cm³/mol. The lowest BCUT2D eigenvalue weighted by atomic mass is 9.76. The van der Waals surface area contributed by atoms with E-state index in [1.807, 2.05) is 39.8 Å². The molecule has 3 unspecified atom stereocenters. The Morgan fingerprint density at radius 2 is 1.77 bits per heavy atom. The molecule has 0 rings (SSSR count). The number of methoxy groups -OCH3 is 1. The zero-order valence-electron chi connectivity index (χ0n) is 17.0. The first-order chi connectivity index (χ1) is 12.2. The molecule has 6 heteroatoms. The average molecular weight is 432 g/mol. The van der Waals surface area contributed by atoms with Crippen LogP contribution in [0.5, 0.6) is 0 Å². The van der Waals surface area contributed by atoms with E-state index in [9.17, 15) is 9.59 Å². The molecule has 0 radical (unpaired) electrons. The number of alkyl halides is 1. The summed E-state index contributed by atoms with van der Waals surface area (Å²) in [5.74, 6) is 0.689. The van der Waals surface area contributed by atoms with Crippen LogP contribution < -0.4 is 0 Å². The lowest BCUT2D eigenvalue weighted by Crippen LogP contribution is -2.40. The van der Waals surface area contributed by atoms with Crippen molar-refractivity contribution in [1.82, 2.24) is 4.90 Å². The van der Waals surface area contributed by atoms with Crippen LogP contribution in [0.3, 0.4) is 0 Å². The number of esters is 2. The second kappa shape index (κ2) is 12.3. The van der Waals surface area contributed by atoms with Crippen molar-refractivity contribution in [2.45, 2.75) is 50.8 Å². The standard InChI is InChI=1S/C20H34BrNO4/c1-8-15(16(9-2)18(23)25-7)14-17(20(21,10-3)11-4)19(24)26-13-12-22(5)6/h2,15-17H,8,10-14H2,1,3-7H3. The molecule has 0 N–H and O–H groups in total. The number of ether oxygens (including phenoxy) is 2. The largest absolute Gasteiger partial charge is 0.468 e. The maximum Gasteiger partial charge on any atom is 0.321 e. The molecular weight excluding hydrogens is 398 g/mol. The van der Waals surface area contributed by atoms with Crippen molar-refractivity contribution in [3.8, 4) is 12.3 Å². The molecule has 0 heterocycles. The normalized spacial score (nSPS) is 15.0. The first-order valence-electron chi connectivity index (χ1n) is 9.24. The summed E-state index contributed by atoms with van der Waals surface area (Å²) >= 11 is 3.78. The minimum Gasteiger partial charge on any atom is -0.468 e. The first-order valence-corrected chi connectivity index (χ1v) is 10.0. The summed E-state index contributed by atoms with van der Waals surface area (Å²) in [6, 6.07) is 0. The molecule has 5 nitrogen and oxygen atoms in total. The third-order valence-electron chi connectivity index (χ3n) is 5.04. The monoisotopic (exact) mass is 431 g/mol. The Bertz CT molecular complexity index is 483. The van der Waals surface area contributed by atoms with Crippen LogP contribution in [0.4, 0.5) is 0 Å². The van der Waals surface area contributed by atoms with Crippen molar-refractivity contribution in [2.24, 2.45) is 17.8 Å². The second-order valence-electron chi connectivity index (χ2n) is 6.84. The Balaban J connectivity index is 5.48. The Morgan fingerprint density at radius 1 is 1.19 bits per heavy atom. The van der Waals surface area contributed by atoms with Gasteiger partial charge < -0.3 is 14.4 Å². The third-order valence-corrected chi connectivity index (χ3v) is 6.71. The molecule has 0 spiro atoms. The third kappa shape index (κ3) is 7.28. The van der Waals surface area contributed by atoms with Crippen LogP contribution in [0.1, 0.15) is 46.5 Å². The van der Waals surface area contributed by atoms with Gasteiger partial charge in [0, 0.05) is 10.9 Å². The molecule has 0 amide bonds. The Labute approximate surface area is 167 Å². The van der Waals surface area contributed by atoms with Gasteiger partial charge in [0.25, 0.3) is 0 Å². The van der Waals surface area contributed by atoms with Gasteiger partial charge in [0.05, 0.1) is 13.0 Å². The highest BCUT2D eigenvalue weighted by Gasteiger charge is 2.42. The molecule has 0 aromatic rings. The zero-order valence-corrected chi connectivity index (χ0v) is 18.6. The summed E-state index contributed by atoms with van der Waals surface area (Å²) < 4.78 is 9.99. The van der Waals surface area contributed by atoms with Crippen molar-refractivity contribution >= 4 is 27.9 Å². The number of rotatable bonds is 12. The molecule has 0 aliphatic heterocycles. The van der Waals surface area contributed by atoms with Crippen molar-refractivity contribution in [3.05, 3.63) is 0 Å². The van der Waals surface area contributed by atoms with E-state index in [1.165, 1.54) is 7.11 Å². The van der Waals surface area contributed by atoms with Crippen molar-refractivity contribution in [3.63, 3.8) is 0 Å². The SMILES string of the molecule is C#CC(C(=O)OC)C(CC)CC(C(=O)OCCN(C)C)C(Br)(CC)CC. The van der Waals surface area contributed by atoms with E-state index in [4.69, 9.17) is 15.9 Å². The quantitative estimate of drug-likeness (QED) is 0.269. The van der Waals surface area contributed by atoms with E-state index in [0.29, 0.717) is 26.0 Å². The molecule has 0 aliphatic rings. The molecule has 3 atom stereocenters. The molecule has 150 valence electrons. The minimum absolute atomic E-state index is 0.145. The number of hydrogen-bond donors (Lipinski definition) is 0. The topological polar surface area (TPSA) is 55.8 Å². The maximum atomic E-state index is 12.9. The van der Waals surface area contributed by atoms with Crippen LogP contribution in [-0.2, 0) is 19.1 Å². The Morgan fingerprint density at radius 3 is 2.15 bits per heavy atom. The smallest absolute Gasteiger partial charge is 0.321 e. The molecule has 26 heavy (non-hydrogen) atoms. The number of likely N-dealkylation sites (N-methyl/N-ethyl adjacent to an activating group) is 1. The minimum atomic E-state index is -0.660.